The first kappa shape index (κ1) is 16.0. The number of anilines is 1. The monoisotopic (exact) mass is 360 g/mol. The molecule has 1 aliphatic rings. The summed E-state index contributed by atoms with van der Waals surface area (Å²) in [6, 6.07) is 7.06. The highest BCUT2D eigenvalue weighted by molar-refractivity contribution is 7.92. The third kappa shape index (κ3) is 2.76. The Labute approximate surface area is 144 Å². The summed E-state index contributed by atoms with van der Waals surface area (Å²) < 4.78 is 43.2. The number of benzene rings is 1. The van der Waals surface area contributed by atoms with Crippen LogP contribution in [0.2, 0.25) is 0 Å². The van der Waals surface area contributed by atoms with E-state index in [0.717, 1.165) is 24.7 Å². The fourth-order valence-electron chi connectivity index (χ4n) is 3.02. The summed E-state index contributed by atoms with van der Waals surface area (Å²) in [4.78, 5) is -0.0896. The second kappa shape index (κ2) is 5.80. The fraction of sp³-hybridized carbons (Fsp3) is 0.294. The number of hydrogen-bond donors (Lipinski definition) is 1. The van der Waals surface area contributed by atoms with Crippen LogP contribution in [0, 0.1) is 12.7 Å². The number of fused-ring (bicyclic) bond motifs is 1. The van der Waals surface area contributed by atoms with E-state index in [-0.39, 0.29) is 4.90 Å². The highest BCUT2D eigenvalue weighted by Crippen LogP contribution is 2.36. The molecule has 0 radical (unpaired) electrons. The van der Waals surface area contributed by atoms with Gasteiger partial charge in [0.25, 0.3) is 10.0 Å². The van der Waals surface area contributed by atoms with Gasteiger partial charge in [-0.15, -0.1) is 10.2 Å². The molecule has 0 saturated heterocycles. The zero-order valence-electron chi connectivity index (χ0n) is 13.6. The minimum absolute atomic E-state index is 0.0896. The average molecular weight is 360 g/mol. The molecule has 1 aromatic carbocycles. The van der Waals surface area contributed by atoms with Gasteiger partial charge < -0.3 is 0 Å². The van der Waals surface area contributed by atoms with Gasteiger partial charge in [-0.1, -0.05) is 12.5 Å². The molecule has 1 fully saturated rings. The number of halogens is 1. The molecule has 1 saturated carbocycles. The Hall–Kier alpha value is -2.48. The Bertz CT molecular complexity index is 1060. The number of pyridine rings is 1. The number of hydrogen-bond acceptors (Lipinski definition) is 4. The van der Waals surface area contributed by atoms with Crippen LogP contribution < -0.4 is 4.72 Å². The van der Waals surface area contributed by atoms with Crippen molar-refractivity contribution in [3.63, 3.8) is 0 Å². The second-order valence-electron chi connectivity index (χ2n) is 6.32. The van der Waals surface area contributed by atoms with E-state index < -0.39 is 15.8 Å². The Morgan fingerprint density at radius 1 is 1.24 bits per heavy atom. The number of aromatic nitrogens is 3. The molecule has 4 rings (SSSR count). The quantitative estimate of drug-likeness (QED) is 0.775. The molecule has 130 valence electrons. The van der Waals surface area contributed by atoms with Crippen LogP contribution in [0.15, 0.2) is 41.4 Å². The summed E-state index contributed by atoms with van der Waals surface area (Å²) >= 11 is 0. The summed E-state index contributed by atoms with van der Waals surface area (Å²) in [6.45, 7) is 1.63. The number of aryl methyl sites for hydroxylation is 1. The van der Waals surface area contributed by atoms with Crippen molar-refractivity contribution in [2.45, 2.75) is 37.0 Å². The Balaban J connectivity index is 1.75. The minimum atomic E-state index is -3.93. The average Bonchev–Trinajstić information content (AvgIpc) is 2.93. The van der Waals surface area contributed by atoms with Crippen LogP contribution in [0.3, 0.4) is 0 Å². The van der Waals surface area contributed by atoms with Crippen molar-refractivity contribution in [2.75, 3.05) is 4.72 Å². The maximum Gasteiger partial charge on any atom is 0.262 e. The van der Waals surface area contributed by atoms with Gasteiger partial charge in [-0.2, -0.15) is 0 Å². The van der Waals surface area contributed by atoms with E-state index in [1.54, 1.807) is 19.1 Å². The Kier molecular flexibility index (Phi) is 3.72. The van der Waals surface area contributed by atoms with Gasteiger partial charge >= 0.3 is 0 Å². The number of nitrogens with zero attached hydrogens (tertiary/aromatic N) is 3. The van der Waals surface area contributed by atoms with E-state index in [9.17, 15) is 12.8 Å². The molecular formula is C17H17FN4O2S. The Morgan fingerprint density at radius 2 is 2.04 bits per heavy atom. The van der Waals surface area contributed by atoms with Crippen molar-refractivity contribution >= 4 is 21.4 Å². The van der Waals surface area contributed by atoms with E-state index in [2.05, 4.69) is 14.9 Å². The van der Waals surface area contributed by atoms with Gasteiger partial charge in [-0.3, -0.25) is 9.12 Å². The lowest BCUT2D eigenvalue weighted by molar-refractivity contribution is 0.399. The highest BCUT2D eigenvalue weighted by atomic mass is 32.2. The predicted molar refractivity (Wildman–Crippen MR) is 91.5 cm³/mol. The molecule has 0 bridgehead atoms. The molecular weight excluding hydrogens is 343 g/mol. The lowest BCUT2D eigenvalue weighted by Crippen LogP contribution is -2.16. The van der Waals surface area contributed by atoms with E-state index in [1.165, 1.54) is 18.6 Å². The van der Waals surface area contributed by atoms with E-state index in [1.807, 2.05) is 10.6 Å². The molecule has 0 atom stereocenters. The maximum atomic E-state index is 13.5. The molecule has 2 aromatic heterocycles. The smallest absolute Gasteiger partial charge is 0.262 e. The molecule has 3 aromatic rings. The molecule has 8 heteroatoms. The van der Waals surface area contributed by atoms with Crippen molar-refractivity contribution in [1.29, 1.82) is 0 Å². The lowest BCUT2D eigenvalue weighted by Gasteiger charge is -2.23. The van der Waals surface area contributed by atoms with Crippen molar-refractivity contribution in [3.05, 3.63) is 53.7 Å². The van der Waals surface area contributed by atoms with Crippen LogP contribution in [0.1, 0.15) is 36.6 Å². The molecule has 25 heavy (non-hydrogen) atoms. The first-order valence-electron chi connectivity index (χ1n) is 8.08. The molecule has 0 spiro atoms. The van der Waals surface area contributed by atoms with Crippen molar-refractivity contribution < 1.29 is 12.8 Å². The number of rotatable bonds is 4. The van der Waals surface area contributed by atoms with Crippen LogP contribution in [0.5, 0.6) is 0 Å². The molecule has 0 aliphatic heterocycles. The standard InChI is InChI=1S/C17H17FN4O2S/c1-11-7-8-13(18)10-15(11)25(23,24)21-14-6-3-9-22-16(12-4-2-5-12)19-20-17(14)22/h3,6-10,12,21H,2,4-5H2,1H3. The molecule has 6 nitrogen and oxygen atoms in total. The third-order valence-electron chi connectivity index (χ3n) is 4.62. The largest absolute Gasteiger partial charge is 0.284 e. The van der Waals surface area contributed by atoms with Gasteiger partial charge in [0.2, 0.25) is 0 Å². The maximum absolute atomic E-state index is 13.5. The molecule has 2 heterocycles. The van der Waals surface area contributed by atoms with Gasteiger partial charge in [0.1, 0.15) is 11.6 Å². The SMILES string of the molecule is Cc1ccc(F)cc1S(=O)(=O)Nc1cccn2c(C3CCC3)nnc12. The molecule has 1 N–H and O–H groups in total. The fourth-order valence-corrected chi connectivity index (χ4v) is 4.34. The predicted octanol–water partition coefficient (Wildman–Crippen LogP) is 3.25. The Morgan fingerprint density at radius 3 is 2.76 bits per heavy atom. The van der Waals surface area contributed by atoms with Crippen molar-refractivity contribution in [2.24, 2.45) is 0 Å². The van der Waals surface area contributed by atoms with Crippen molar-refractivity contribution in [3.8, 4) is 0 Å². The van der Waals surface area contributed by atoms with E-state index in [4.69, 9.17) is 0 Å². The van der Waals surface area contributed by atoms with Gasteiger partial charge in [-0.25, -0.2) is 12.8 Å². The summed E-state index contributed by atoms with van der Waals surface area (Å²) in [7, 11) is -3.93. The van der Waals surface area contributed by atoms with E-state index >= 15 is 0 Å². The minimum Gasteiger partial charge on any atom is -0.284 e. The normalized spacial score (nSPS) is 15.3. The van der Waals surface area contributed by atoms with E-state index in [0.29, 0.717) is 22.8 Å². The van der Waals surface area contributed by atoms with Crippen LogP contribution in [0.25, 0.3) is 5.65 Å². The molecule has 0 unspecified atom stereocenters. The van der Waals surface area contributed by atoms with Crippen LogP contribution >= 0.6 is 0 Å². The summed E-state index contributed by atoms with van der Waals surface area (Å²) in [5.41, 5.74) is 1.24. The van der Waals surface area contributed by atoms with Gasteiger partial charge in [-0.05, 0) is 49.6 Å². The van der Waals surface area contributed by atoms with Crippen LogP contribution in [0.4, 0.5) is 10.1 Å². The topological polar surface area (TPSA) is 76.4 Å². The first-order chi connectivity index (χ1) is 12.0. The molecule has 0 amide bonds. The number of sulfonamides is 1. The third-order valence-corrected chi connectivity index (χ3v) is 6.12. The van der Waals surface area contributed by atoms with Crippen molar-refractivity contribution in [1.82, 2.24) is 14.6 Å². The summed E-state index contributed by atoms with van der Waals surface area (Å²) in [5, 5.41) is 8.38. The van der Waals surface area contributed by atoms with Crippen LogP contribution in [-0.4, -0.2) is 23.0 Å². The zero-order chi connectivity index (χ0) is 17.6. The highest BCUT2D eigenvalue weighted by Gasteiger charge is 2.26. The summed E-state index contributed by atoms with van der Waals surface area (Å²) in [5.74, 6) is 0.621. The van der Waals surface area contributed by atoms with Crippen LogP contribution in [-0.2, 0) is 10.0 Å². The van der Waals surface area contributed by atoms with Gasteiger partial charge in [0.05, 0.1) is 10.6 Å². The number of nitrogens with one attached hydrogen (secondary N) is 1. The first-order valence-corrected chi connectivity index (χ1v) is 9.56. The summed E-state index contributed by atoms with van der Waals surface area (Å²) in [6.07, 6.45) is 5.14. The van der Waals surface area contributed by atoms with Gasteiger partial charge in [0.15, 0.2) is 5.65 Å². The van der Waals surface area contributed by atoms with Gasteiger partial charge in [0, 0.05) is 12.1 Å². The second-order valence-corrected chi connectivity index (χ2v) is 7.97. The lowest BCUT2D eigenvalue weighted by atomic mass is 9.85. The molecule has 1 aliphatic carbocycles. The zero-order valence-corrected chi connectivity index (χ0v) is 14.4.